The summed E-state index contributed by atoms with van der Waals surface area (Å²) in [6.07, 6.45) is 2.44. The van der Waals surface area contributed by atoms with Crippen molar-refractivity contribution in [3.63, 3.8) is 0 Å². The highest BCUT2D eigenvalue weighted by atomic mass is 35.5. The highest BCUT2D eigenvalue weighted by Crippen LogP contribution is 2.39. The molecule has 27 heavy (non-hydrogen) atoms. The molecule has 0 aliphatic carbocycles. The van der Waals surface area contributed by atoms with Crippen LogP contribution in [0.2, 0.25) is 5.02 Å². The van der Waals surface area contributed by atoms with Crippen molar-refractivity contribution in [2.24, 2.45) is 0 Å². The Balaban J connectivity index is 1.41. The molecule has 3 fully saturated rings. The summed E-state index contributed by atoms with van der Waals surface area (Å²) in [5.41, 5.74) is 0.761. The lowest BCUT2D eigenvalue weighted by Gasteiger charge is -2.38. The number of nitrogens with zero attached hydrogens (tertiary/aromatic N) is 2. The van der Waals surface area contributed by atoms with E-state index in [9.17, 15) is 8.42 Å². The lowest BCUT2D eigenvalue weighted by atomic mass is 9.88. The molecular formula is C19H27ClN2O4S. The van der Waals surface area contributed by atoms with Crippen LogP contribution in [-0.2, 0) is 19.5 Å². The molecule has 1 aromatic rings. The molecule has 1 atom stereocenters. The minimum absolute atomic E-state index is 0.188. The normalized spacial score (nSPS) is 27.3. The number of aryl methyl sites for hydroxylation is 1. The predicted molar refractivity (Wildman–Crippen MR) is 104 cm³/mol. The summed E-state index contributed by atoms with van der Waals surface area (Å²) in [5.74, 6) is 0. The summed E-state index contributed by atoms with van der Waals surface area (Å²) in [6, 6.07) is 5.52. The number of benzene rings is 1. The van der Waals surface area contributed by atoms with Crippen LogP contribution in [0, 0.1) is 6.92 Å². The number of halogens is 1. The van der Waals surface area contributed by atoms with Crippen molar-refractivity contribution in [2.45, 2.75) is 42.7 Å². The zero-order valence-electron chi connectivity index (χ0n) is 15.7. The minimum Gasteiger partial charge on any atom is -0.379 e. The molecule has 3 heterocycles. The van der Waals surface area contributed by atoms with E-state index in [4.69, 9.17) is 21.1 Å². The average molecular weight is 415 g/mol. The van der Waals surface area contributed by atoms with Gasteiger partial charge in [0.15, 0.2) is 0 Å². The summed E-state index contributed by atoms with van der Waals surface area (Å²) in [7, 11) is -3.57. The second-order valence-electron chi connectivity index (χ2n) is 7.84. The molecule has 0 saturated carbocycles. The van der Waals surface area contributed by atoms with Gasteiger partial charge >= 0.3 is 0 Å². The van der Waals surface area contributed by atoms with E-state index in [1.54, 1.807) is 22.5 Å². The van der Waals surface area contributed by atoms with Crippen molar-refractivity contribution in [1.82, 2.24) is 9.21 Å². The lowest BCUT2D eigenvalue weighted by Crippen LogP contribution is -2.48. The highest BCUT2D eigenvalue weighted by molar-refractivity contribution is 7.89. The summed E-state index contributed by atoms with van der Waals surface area (Å²) >= 11 is 6.21. The first kappa shape index (κ1) is 19.6. The van der Waals surface area contributed by atoms with E-state index in [-0.39, 0.29) is 10.5 Å². The fraction of sp³-hybridized carbons (Fsp3) is 0.684. The molecule has 6 nitrogen and oxygen atoms in total. The van der Waals surface area contributed by atoms with Crippen LogP contribution in [-0.4, -0.2) is 75.3 Å². The maximum Gasteiger partial charge on any atom is 0.244 e. The second kappa shape index (κ2) is 7.61. The molecule has 1 aromatic carbocycles. The molecule has 0 N–H and O–H groups in total. The number of hydrogen-bond acceptors (Lipinski definition) is 5. The Labute approximate surface area is 166 Å². The van der Waals surface area contributed by atoms with Crippen molar-refractivity contribution in [1.29, 1.82) is 0 Å². The van der Waals surface area contributed by atoms with Crippen LogP contribution in [0.3, 0.4) is 0 Å². The summed E-state index contributed by atoms with van der Waals surface area (Å²) in [5, 5.41) is 0.291. The maximum atomic E-state index is 13.0. The first-order chi connectivity index (χ1) is 12.9. The molecule has 4 rings (SSSR count). The Morgan fingerprint density at radius 3 is 2.52 bits per heavy atom. The van der Waals surface area contributed by atoms with Crippen molar-refractivity contribution in [3.05, 3.63) is 28.8 Å². The fourth-order valence-electron chi connectivity index (χ4n) is 4.43. The third-order valence-electron chi connectivity index (χ3n) is 6.09. The number of hydrogen-bond donors (Lipinski definition) is 0. The second-order valence-corrected chi connectivity index (χ2v) is 10.2. The number of morpholine rings is 1. The number of ether oxygens (including phenoxy) is 2. The van der Waals surface area contributed by atoms with Gasteiger partial charge in [-0.15, -0.1) is 0 Å². The lowest BCUT2D eigenvalue weighted by molar-refractivity contribution is -0.0328. The molecule has 8 heteroatoms. The van der Waals surface area contributed by atoms with Gasteiger partial charge in [-0.1, -0.05) is 17.7 Å². The van der Waals surface area contributed by atoms with Crippen LogP contribution < -0.4 is 0 Å². The molecule has 1 unspecified atom stereocenters. The van der Waals surface area contributed by atoms with Gasteiger partial charge in [0.25, 0.3) is 0 Å². The Bertz CT molecular complexity index is 787. The summed E-state index contributed by atoms with van der Waals surface area (Å²) in [6.45, 7) is 7.06. The first-order valence-corrected chi connectivity index (χ1v) is 11.4. The Kier molecular flexibility index (Phi) is 5.53. The van der Waals surface area contributed by atoms with E-state index in [0.29, 0.717) is 24.2 Å². The monoisotopic (exact) mass is 414 g/mol. The van der Waals surface area contributed by atoms with Crippen molar-refractivity contribution in [2.75, 3.05) is 46.0 Å². The third-order valence-corrected chi connectivity index (χ3v) is 8.47. The number of piperidine rings is 1. The molecule has 3 aliphatic heterocycles. The van der Waals surface area contributed by atoms with Gasteiger partial charge in [0.2, 0.25) is 10.0 Å². The third kappa shape index (κ3) is 3.91. The van der Waals surface area contributed by atoms with Gasteiger partial charge in [-0.2, -0.15) is 4.31 Å². The number of sulfonamides is 1. The van der Waals surface area contributed by atoms with Crippen molar-refractivity contribution >= 4 is 21.6 Å². The summed E-state index contributed by atoms with van der Waals surface area (Å²) in [4.78, 5) is 2.65. The fourth-order valence-corrected chi connectivity index (χ4v) is 6.45. The van der Waals surface area contributed by atoms with Crippen molar-refractivity contribution < 1.29 is 17.9 Å². The highest BCUT2D eigenvalue weighted by Gasteiger charge is 2.46. The SMILES string of the molecule is Cc1ccc(S(=O)(=O)N2CCC3(CC2)CC(N2CCOCC2)CO3)c(Cl)c1. The first-order valence-electron chi connectivity index (χ1n) is 9.62. The smallest absolute Gasteiger partial charge is 0.244 e. The molecule has 3 aliphatic rings. The largest absolute Gasteiger partial charge is 0.379 e. The van der Waals surface area contributed by atoms with E-state index in [1.165, 1.54) is 0 Å². The molecule has 0 aromatic heterocycles. The zero-order chi connectivity index (χ0) is 19.1. The zero-order valence-corrected chi connectivity index (χ0v) is 17.3. The molecule has 0 radical (unpaired) electrons. The van der Waals surface area contributed by atoms with Crippen LogP contribution >= 0.6 is 11.6 Å². The van der Waals surface area contributed by atoms with E-state index in [1.807, 2.05) is 6.92 Å². The van der Waals surface area contributed by atoms with E-state index < -0.39 is 10.0 Å². The van der Waals surface area contributed by atoms with E-state index >= 15 is 0 Å². The van der Waals surface area contributed by atoms with Gasteiger partial charge in [0.1, 0.15) is 4.90 Å². The maximum absolute atomic E-state index is 13.0. The van der Waals surface area contributed by atoms with E-state index in [2.05, 4.69) is 4.90 Å². The van der Waals surface area contributed by atoms with Crippen LogP contribution in [0.15, 0.2) is 23.1 Å². The van der Waals surface area contributed by atoms with Crippen LogP contribution in [0.1, 0.15) is 24.8 Å². The van der Waals surface area contributed by atoms with Crippen molar-refractivity contribution in [3.8, 4) is 0 Å². The predicted octanol–water partition coefficient (Wildman–Crippen LogP) is 2.29. The van der Waals surface area contributed by atoms with Gasteiger partial charge in [-0.05, 0) is 43.9 Å². The molecule has 1 spiro atoms. The van der Waals surface area contributed by atoms with Crippen LogP contribution in [0.25, 0.3) is 0 Å². The average Bonchev–Trinajstić information content (AvgIpc) is 3.06. The molecule has 0 bridgehead atoms. The van der Waals surface area contributed by atoms with Gasteiger partial charge < -0.3 is 9.47 Å². The summed E-state index contributed by atoms with van der Waals surface area (Å²) < 4.78 is 39.2. The van der Waals surface area contributed by atoms with Gasteiger partial charge in [0.05, 0.1) is 30.4 Å². The quantitative estimate of drug-likeness (QED) is 0.759. The Morgan fingerprint density at radius 2 is 1.85 bits per heavy atom. The Morgan fingerprint density at radius 1 is 1.15 bits per heavy atom. The standard InChI is InChI=1S/C19H27ClN2O4S/c1-15-2-3-18(17(20)12-15)27(23,24)22-6-4-19(5-7-22)13-16(14-26-19)21-8-10-25-11-9-21/h2-3,12,16H,4-11,13-14H2,1H3. The minimum atomic E-state index is -3.57. The number of rotatable bonds is 3. The van der Waals surface area contributed by atoms with Gasteiger partial charge in [0, 0.05) is 32.2 Å². The molecule has 150 valence electrons. The van der Waals surface area contributed by atoms with Gasteiger partial charge in [-0.3, -0.25) is 4.90 Å². The van der Waals surface area contributed by atoms with Crippen LogP contribution in [0.4, 0.5) is 0 Å². The van der Waals surface area contributed by atoms with E-state index in [0.717, 1.165) is 57.7 Å². The Hall–Kier alpha value is -0.700. The topological polar surface area (TPSA) is 59.1 Å². The molecule has 3 saturated heterocycles. The molecular weight excluding hydrogens is 388 g/mol. The van der Waals surface area contributed by atoms with Gasteiger partial charge in [-0.25, -0.2) is 8.42 Å². The molecule has 0 amide bonds. The van der Waals surface area contributed by atoms with Crippen LogP contribution in [0.5, 0.6) is 0 Å².